The van der Waals surface area contributed by atoms with Crippen LogP contribution in [0.4, 0.5) is 5.82 Å². The summed E-state index contributed by atoms with van der Waals surface area (Å²) in [5.41, 5.74) is 1.89. The van der Waals surface area contributed by atoms with Gasteiger partial charge in [0, 0.05) is 31.8 Å². The number of tetrazole rings is 1. The molecule has 4 heterocycles. The first-order valence-corrected chi connectivity index (χ1v) is 9.64. The molecule has 144 valence electrons. The van der Waals surface area contributed by atoms with E-state index in [1.165, 1.54) is 0 Å². The minimum atomic E-state index is 0.000346. The summed E-state index contributed by atoms with van der Waals surface area (Å²) >= 11 is 0. The monoisotopic (exact) mass is 379 g/mol. The Morgan fingerprint density at radius 1 is 1.21 bits per heavy atom. The van der Waals surface area contributed by atoms with Crippen LogP contribution in [0.15, 0.2) is 24.7 Å². The number of rotatable bonds is 3. The molecule has 2 unspecified atom stereocenters. The van der Waals surface area contributed by atoms with Crippen LogP contribution in [-0.2, 0) is 16.0 Å². The number of anilines is 1. The van der Waals surface area contributed by atoms with Crippen LogP contribution in [0.3, 0.4) is 0 Å². The van der Waals surface area contributed by atoms with Gasteiger partial charge in [-0.25, -0.2) is 9.67 Å². The minimum Gasteiger partial charge on any atom is -0.339 e. The number of fused-ring (bicyclic) bond motifs is 2. The molecule has 0 spiro atoms. The van der Waals surface area contributed by atoms with E-state index in [4.69, 9.17) is 0 Å². The zero-order valence-corrected chi connectivity index (χ0v) is 15.4. The van der Waals surface area contributed by atoms with Gasteiger partial charge in [-0.3, -0.25) is 9.59 Å². The SMILES string of the molecule is O=C1CCc2cc(/C=C/C(=O)N3CC4CC(n5cnnn5)CC4C3)cnc2N1. The number of likely N-dealkylation sites (tertiary alicyclic amines) is 1. The number of amides is 2. The van der Waals surface area contributed by atoms with Gasteiger partial charge >= 0.3 is 0 Å². The molecule has 0 aromatic carbocycles. The normalized spacial score (nSPS) is 26.4. The summed E-state index contributed by atoms with van der Waals surface area (Å²) in [7, 11) is 0. The highest BCUT2D eigenvalue weighted by atomic mass is 16.2. The van der Waals surface area contributed by atoms with E-state index in [1.54, 1.807) is 18.6 Å². The second kappa shape index (κ2) is 6.81. The predicted molar refractivity (Wildman–Crippen MR) is 99.9 cm³/mol. The molecule has 1 aliphatic carbocycles. The lowest BCUT2D eigenvalue weighted by atomic mass is 10.0. The van der Waals surface area contributed by atoms with Crippen molar-refractivity contribution in [3.8, 4) is 0 Å². The third-order valence-corrected chi connectivity index (χ3v) is 6.06. The van der Waals surface area contributed by atoms with Crippen molar-refractivity contribution in [2.75, 3.05) is 18.4 Å². The number of hydrogen-bond donors (Lipinski definition) is 1. The Morgan fingerprint density at radius 3 is 2.79 bits per heavy atom. The Labute approximate surface area is 161 Å². The van der Waals surface area contributed by atoms with E-state index in [9.17, 15) is 9.59 Å². The number of aryl methyl sites for hydroxylation is 1. The smallest absolute Gasteiger partial charge is 0.246 e. The van der Waals surface area contributed by atoms with Gasteiger partial charge < -0.3 is 10.2 Å². The summed E-state index contributed by atoms with van der Waals surface area (Å²) in [6.07, 6.45) is 9.99. The van der Waals surface area contributed by atoms with Crippen molar-refractivity contribution in [2.45, 2.75) is 31.7 Å². The summed E-state index contributed by atoms with van der Waals surface area (Å²) < 4.78 is 1.84. The first kappa shape index (κ1) is 17.0. The topological polar surface area (TPSA) is 106 Å². The van der Waals surface area contributed by atoms with Crippen LogP contribution in [0.5, 0.6) is 0 Å². The van der Waals surface area contributed by atoms with Crippen molar-refractivity contribution in [1.29, 1.82) is 0 Å². The summed E-state index contributed by atoms with van der Waals surface area (Å²) in [4.78, 5) is 30.3. The molecule has 2 aliphatic heterocycles. The van der Waals surface area contributed by atoms with E-state index in [0.717, 1.165) is 37.1 Å². The van der Waals surface area contributed by atoms with Gasteiger partial charge in [-0.15, -0.1) is 5.10 Å². The zero-order valence-electron chi connectivity index (χ0n) is 15.4. The Balaban J connectivity index is 1.20. The molecule has 9 heteroatoms. The summed E-state index contributed by atoms with van der Waals surface area (Å²) in [6, 6.07) is 2.33. The van der Waals surface area contributed by atoms with Gasteiger partial charge in [0.2, 0.25) is 11.8 Å². The van der Waals surface area contributed by atoms with E-state index < -0.39 is 0 Å². The van der Waals surface area contributed by atoms with E-state index >= 15 is 0 Å². The van der Waals surface area contributed by atoms with Crippen LogP contribution in [0, 0.1) is 11.8 Å². The van der Waals surface area contributed by atoms with Crippen LogP contribution >= 0.6 is 0 Å². The molecular formula is C19H21N7O2. The number of nitrogens with zero attached hydrogens (tertiary/aromatic N) is 6. The highest BCUT2D eigenvalue weighted by molar-refractivity contribution is 5.94. The third-order valence-electron chi connectivity index (χ3n) is 6.06. The molecule has 5 rings (SSSR count). The lowest BCUT2D eigenvalue weighted by Gasteiger charge is -2.17. The lowest BCUT2D eigenvalue weighted by molar-refractivity contribution is -0.125. The molecule has 2 atom stereocenters. The number of pyridine rings is 1. The Hall–Kier alpha value is -3.10. The Morgan fingerprint density at radius 2 is 2.04 bits per heavy atom. The largest absolute Gasteiger partial charge is 0.339 e. The highest BCUT2D eigenvalue weighted by Crippen LogP contribution is 2.43. The molecule has 2 fully saturated rings. The molecule has 1 N–H and O–H groups in total. The zero-order chi connectivity index (χ0) is 19.1. The minimum absolute atomic E-state index is 0.000346. The molecule has 9 nitrogen and oxygen atoms in total. The summed E-state index contributed by atoms with van der Waals surface area (Å²) in [6.45, 7) is 1.59. The summed E-state index contributed by atoms with van der Waals surface area (Å²) in [5.74, 6) is 1.70. The highest BCUT2D eigenvalue weighted by Gasteiger charge is 2.42. The van der Waals surface area contributed by atoms with Gasteiger partial charge in [-0.05, 0) is 64.8 Å². The van der Waals surface area contributed by atoms with Crippen molar-refractivity contribution in [3.05, 3.63) is 35.8 Å². The fourth-order valence-electron chi connectivity index (χ4n) is 4.64. The van der Waals surface area contributed by atoms with Crippen molar-refractivity contribution >= 4 is 23.7 Å². The van der Waals surface area contributed by atoms with Crippen molar-refractivity contribution in [3.63, 3.8) is 0 Å². The third kappa shape index (κ3) is 3.17. The molecule has 0 bridgehead atoms. The van der Waals surface area contributed by atoms with E-state index in [-0.39, 0.29) is 11.8 Å². The molecule has 2 aromatic heterocycles. The number of nitrogens with one attached hydrogen (secondary N) is 1. The van der Waals surface area contributed by atoms with Crippen LogP contribution in [-0.4, -0.2) is 55.0 Å². The van der Waals surface area contributed by atoms with Crippen molar-refractivity contribution < 1.29 is 9.59 Å². The van der Waals surface area contributed by atoms with Gasteiger partial charge in [0.25, 0.3) is 0 Å². The second-order valence-corrected chi connectivity index (χ2v) is 7.84. The number of carbonyl (C=O) groups excluding carboxylic acids is 2. The molecule has 3 aliphatic rings. The van der Waals surface area contributed by atoms with Gasteiger partial charge in [-0.1, -0.05) is 0 Å². The predicted octanol–water partition coefficient (Wildman–Crippen LogP) is 1.08. The first-order chi connectivity index (χ1) is 13.7. The molecule has 2 aromatic rings. The van der Waals surface area contributed by atoms with E-state index in [2.05, 4.69) is 25.8 Å². The van der Waals surface area contributed by atoms with Gasteiger partial charge in [0.05, 0.1) is 6.04 Å². The van der Waals surface area contributed by atoms with Gasteiger partial charge in [0.1, 0.15) is 12.1 Å². The van der Waals surface area contributed by atoms with Crippen molar-refractivity contribution in [2.24, 2.45) is 11.8 Å². The van der Waals surface area contributed by atoms with Gasteiger partial charge in [-0.2, -0.15) is 0 Å². The van der Waals surface area contributed by atoms with E-state index in [0.29, 0.717) is 36.5 Å². The molecule has 2 amide bonds. The van der Waals surface area contributed by atoms with Crippen LogP contribution in [0.25, 0.3) is 6.08 Å². The van der Waals surface area contributed by atoms with E-state index in [1.807, 2.05) is 21.7 Å². The fourth-order valence-corrected chi connectivity index (χ4v) is 4.64. The lowest BCUT2D eigenvalue weighted by Crippen LogP contribution is -2.28. The van der Waals surface area contributed by atoms with Crippen LogP contribution < -0.4 is 5.32 Å². The Bertz CT molecular complexity index is 926. The number of carbonyl (C=O) groups is 2. The maximum absolute atomic E-state index is 12.6. The number of hydrogen-bond acceptors (Lipinski definition) is 6. The molecule has 1 saturated carbocycles. The maximum atomic E-state index is 12.6. The molecule has 28 heavy (non-hydrogen) atoms. The molecule has 0 radical (unpaired) electrons. The van der Waals surface area contributed by atoms with Crippen molar-refractivity contribution in [1.82, 2.24) is 30.1 Å². The quantitative estimate of drug-likeness (QED) is 0.800. The van der Waals surface area contributed by atoms with Crippen LogP contribution in [0.2, 0.25) is 0 Å². The maximum Gasteiger partial charge on any atom is 0.246 e. The standard InChI is InChI=1S/C19H21N7O2/c27-17-3-2-13-5-12(8-20-19(13)22-17)1-4-18(28)25-9-14-6-16(7-15(14)10-25)26-11-21-23-24-26/h1,4-5,8,11,14-16H,2-3,6-7,9-10H2,(H,20,22,27)/b4-1+. The molecule has 1 saturated heterocycles. The average molecular weight is 379 g/mol. The second-order valence-electron chi connectivity index (χ2n) is 7.84. The average Bonchev–Trinajstić information content (AvgIpc) is 3.41. The van der Waals surface area contributed by atoms with Crippen LogP contribution in [0.1, 0.15) is 36.4 Å². The first-order valence-electron chi connectivity index (χ1n) is 9.64. The Kier molecular flexibility index (Phi) is 4.14. The number of aromatic nitrogens is 5. The fraction of sp³-hybridized carbons (Fsp3) is 0.474. The molecular weight excluding hydrogens is 358 g/mol. The summed E-state index contributed by atoms with van der Waals surface area (Å²) in [5, 5.41) is 14.2. The van der Waals surface area contributed by atoms with Gasteiger partial charge in [0.15, 0.2) is 0 Å².